The Morgan fingerprint density at radius 2 is 1.78 bits per heavy atom. The van der Waals surface area contributed by atoms with E-state index in [0.29, 0.717) is 11.8 Å². The molecule has 0 amide bonds. The molecule has 0 saturated heterocycles. The summed E-state index contributed by atoms with van der Waals surface area (Å²) in [4.78, 5) is 0. The first-order valence-electron chi connectivity index (χ1n) is 6.06. The van der Waals surface area contributed by atoms with Crippen LogP contribution < -0.4 is 4.74 Å². The maximum atomic E-state index is 9.41. The largest absolute Gasteiger partial charge is 0.454 e. The van der Waals surface area contributed by atoms with E-state index in [1.54, 1.807) is 13.1 Å². The second-order valence-electron chi connectivity index (χ2n) is 4.60. The molecule has 0 aliphatic heterocycles. The van der Waals surface area contributed by atoms with E-state index >= 15 is 0 Å². The minimum Gasteiger partial charge on any atom is -0.454 e. The fourth-order valence-electron chi connectivity index (χ4n) is 1.61. The Bertz CT molecular complexity index is 501. The van der Waals surface area contributed by atoms with Gasteiger partial charge in [0.25, 0.3) is 0 Å². The first-order chi connectivity index (χ1) is 8.56. The Kier molecular flexibility index (Phi) is 3.67. The van der Waals surface area contributed by atoms with Gasteiger partial charge in [-0.2, -0.15) is 5.10 Å². The van der Waals surface area contributed by atoms with Gasteiger partial charge in [0.2, 0.25) is 0 Å². The lowest BCUT2D eigenvalue weighted by molar-refractivity contribution is 0.199. The lowest BCUT2D eigenvalue weighted by atomic mass is 10.1. The summed E-state index contributed by atoms with van der Waals surface area (Å²) < 4.78 is 7.53. The number of aliphatic hydroxyl groups is 1. The molecule has 96 valence electrons. The van der Waals surface area contributed by atoms with Crippen molar-refractivity contribution < 1.29 is 9.84 Å². The summed E-state index contributed by atoms with van der Waals surface area (Å²) >= 11 is 0. The van der Waals surface area contributed by atoms with E-state index in [9.17, 15) is 5.11 Å². The third kappa shape index (κ3) is 2.90. The van der Waals surface area contributed by atoms with Crippen LogP contribution in [0.25, 0.3) is 0 Å². The molecule has 2 rings (SSSR count). The van der Waals surface area contributed by atoms with Crippen molar-refractivity contribution >= 4 is 0 Å². The number of aliphatic hydroxyl groups excluding tert-OH is 1. The molecule has 4 nitrogen and oxygen atoms in total. The van der Waals surface area contributed by atoms with Crippen LogP contribution in [0.2, 0.25) is 0 Å². The van der Waals surface area contributed by atoms with Crippen LogP contribution in [0.4, 0.5) is 0 Å². The van der Waals surface area contributed by atoms with Gasteiger partial charge in [-0.3, -0.25) is 4.68 Å². The molecule has 0 aliphatic carbocycles. The van der Waals surface area contributed by atoms with Crippen molar-refractivity contribution in [3.8, 4) is 11.5 Å². The molecule has 0 fully saturated rings. The van der Waals surface area contributed by atoms with Crippen LogP contribution in [0.3, 0.4) is 0 Å². The summed E-state index contributed by atoms with van der Waals surface area (Å²) in [6, 6.07) is 7.71. The van der Waals surface area contributed by atoms with E-state index < -0.39 is 6.10 Å². The van der Waals surface area contributed by atoms with E-state index in [0.717, 1.165) is 11.3 Å². The Hall–Kier alpha value is -1.81. The third-order valence-corrected chi connectivity index (χ3v) is 2.71. The summed E-state index contributed by atoms with van der Waals surface area (Å²) in [6.45, 7) is 5.87. The predicted octanol–water partition coefficient (Wildman–Crippen LogP) is 3.31. The summed E-state index contributed by atoms with van der Waals surface area (Å²) in [6.07, 6.45) is 3.11. The van der Waals surface area contributed by atoms with Gasteiger partial charge in [0.1, 0.15) is 5.75 Å². The Labute approximate surface area is 107 Å². The van der Waals surface area contributed by atoms with Crippen molar-refractivity contribution in [2.75, 3.05) is 0 Å². The molecule has 4 heteroatoms. The van der Waals surface area contributed by atoms with Crippen molar-refractivity contribution in [3.05, 3.63) is 42.2 Å². The Morgan fingerprint density at radius 3 is 2.28 bits per heavy atom. The first kappa shape index (κ1) is 12.6. The minimum absolute atomic E-state index is 0.319. The molecular formula is C14H18N2O2. The summed E-state index contributed by atoms with van der Waals surface area (Å²) in [5, 5.41) is 13.6. The fraction of sp³-hybridized carbons (Fsp3) is 0.357. The molecule has 0 unspecified atom stereocenters. The van der Waals surface area contributed by atoms with Crippen LogP contribution in [0.15, 0.2) is 36.7 Å². The lowest BCUT2D eigenvalue weighted by Gasteiger charge is -2.07. The molecule has 0 radical (unpaired) electrons. The van der Waals surface area contributed by atoms with E-state index in [1.165, 1.54) is 0 Å². The first-order valence-corrected chi connectivity index (χ1v) is 6.06. The highest BCUT2D eigenvalue weighted by Gasteiger charge is 2.05. The molecule has 2 aromatic rings. The van der Waals surface area contributed by atoms with Crippen LogP contribution in [-0.4, -0.2) is 14.9 Å². The fourth-order valence-corrected chi connectivity index (χ4v) is 1.61. The lowest BCUT2D eigenvalue weighted by Crippen LogP contribution is -1.99. The molecule has 1 aromatic heterocycles. The van der Waals surface area contributed by atoms with E-state index in [-0.39, 0.29) is 0 Å². The van der Waals surface area contributed by atoms with Crippen LogP contribution in [0, 0.1) is 0 Å². The number of rotatable bonds is 4. The molecule has 0 bridgehead atoms. The van der Waals surface area contributed by atoms with Crippen LogP contribution in [-0.2, 0) is 0 Å². The van der Waals surface area contributed by atoms with Gasteiger partial charge in [-0.15, -0.1) is 0 Å². The number of hydrogen-bond donors (Lipinski definition) is 1. The van der Waals surface area contributed by atoms with Crippen LogP contribution >= 0.6 is 0 Å². The van der Waals surface area contributed by atoms with Gasteiger partial charge in [0.15, 0.2) is 5.75 Å². The molecule has 0 spiro atoms. The number of hydrogen-bond acceptors (Lipinski definition) is 3. The molecule has 1 aromatic carbocycles. The molecule has 1 N–H and O–H groups in total. The van der Waals surface area contributed by atoms with Gasteiger partial charge in [0.05, 0.1) is 18.5 Å². The van der Waals surface area contributed by atoms with Crippen molar-refractivity contribution in [1.29, 1.82) is 0 Å². The van der Waals surface area contributed by atoms with E-state index in [2.05, 4.69) is 18.9 Å². The minimum atomic E-state index is -0.456. The van der Waals surface area contributed by atoms with Gasteiger partial charge in [-0.05, 0) is 38.5 Å². The summed E-state index contributed by atoms with van der Waals surface area (Å²) in [5.74, 6) is 1.45. The van der Waals surface area contributed by atoms with Gasteiger partial charge < -0.3 is 9.84 Å². The van der Waals surface area contributed by atoms with Crippen molar-refractivity contribution in [1.82, 2.24) is 9.78 Å². The average molecular weight is 246 g/mol. The van der Waals surface area contributed by atoms with E-state index in [1.807, 2.05) is 35.1 Å². The zero-order chi connectivity index (χ0) is 13.1. The number of aromatic nitrogens is 2. The van der Waals surface area contributed by atoms with Gasteiger partial charge >= 0.3 is 0 Å². The molecule has 18 heavy (non-hydrogen) atoms. The summed E-state index contributed by atoms with van der Waals surface area (Å²) in [5.41, 5.74) is 0.875. The Balaban J connectivity index is 2.08. The normalized spacial score (nSPS) is 12.7. The number of benzene rings is 1. The SMILES string of the molecule is CC(C)n1cc(Oc2ccc([C@@H](C)O)cc2)cn1. The highest BCUT2D eigenvalue weighted by molar-refractivity contribution is 5.31. The average Bonchev–Trinajstić information content (AvgIpc) is 2.78. The molecule has 0 saturated carbocycles. The maximum absolute atomic E-state index is 9.41. The van der Waals surface area contributed by atoms with Gasteiger partial charge in [-0.25, -0.2) is 0 Å². The van der Waals surface area contributed by atoms with Crippen LogP contribution in [0.1, 0.15) is 38.5 Å². The number of nitrogens with zero attached hydrogens (tertiary/aromatic N) is 2. The second kappa shape index (κ2) is 5.23. The Morgan fingerprint density at radius 1 is 1.11 bits per heavy atom. The van der Waals surface area contributed by atoms with Gasteiger partial charge in [0, 0.05) is 6.04 Å². The highest BCUT2D eigenvalue weighted by Crippen LogP contribution is 2.23. The van der Waals surface area contributed by atoms with Crippen molar-refractivity contribution in [2.24, 2.45) is 0 Å². The smallest absolute Gasteiger partial charge is 0.165 e. The zero-order valence-corrected chi connectivity index (χ0v) is 10.9. The zero-order valence-electron chi connectivity index (χ0n) is 10.9. The monoisotopic (exact) mass is 246 g/mol. The maximum Gasteiger partial charge on any atom is 0.165 e. The number of ether oxygens (including phenoxy) is 1. The topological polar surface area (TPSA) is 47.3 Å². The predicted molar refractivity (Wildman–Crippen MR) is 69.8 cm³/mol. The van der Waals surface area contributed by atoms with Gasteiger partial charge in [-0.1, -0.05) is 12.1 Å². The second-order valence-corrected chi connectivity index (χ2v) is 4.60. The van der Waals surface area contributed by atoms with Crippen molar-refractivity contribution in [3.63, 3.8) is 0 Å². The van der Waals surface area contributed by atoms with Crippen LogP contribution in [0.5, 0.6) is 11.5 Å². The summed E-state index contributed by atoms with van der Waals surface area (Å²) in [7, 11) is 0. The highest BCUT2D eigenvalue weighted by atomic mass is 16.5. The van der Waals surface area contributed by atoms with E-state index in [4.69, 9.17) is 4.74 Å². The molecule has 1 atom stereocenters. The standard InChI is InChI=1S/C14H18N2O2/c1-10(2)16-9-14(8-15-16)18-13-6-4-12(5-7-13)11(3)17/h4-11,17H,1-3H3/t11-/m1/s1. The molecule has 1 heterocycles. The molecular weight excluding hydrogens is 228 g/mol. The molecule has 0 aliphatic rings. The quantitative estimate of drug-likeness (QED) is 0.900. The third-order valence-electron chi connectivity index (χ3n) is 2.71. The van der Waals surface area contributed by atoms with Crippen molar-refractivity contribution in [2.45, 2.75) is 32.9 Å².